The van der Waals surface area contributed by atoms with Crippen molar-refractivity contribution in [2.24, 2.45) is 0 Å². The molecular formula is C55H36N6. The highest BCUT2D eigenvalue weighted by Crippen LogP contribution is 2.56. The van der Waals surface area contributed by atoms with Gasteiger partial charge in [0.1, 0.15) is 11.0 Å². The zero-order valence-corrected chi connectivity index (χ0v) is 33.2. The number of rotatable bonds is 5. The second kappa shape index (κ2) is 12.8. The van der Waals surface area contributed by atoms with E-state index in [1.807, 2.05) is 48.5 Å². The van der Waals surface area contributed by atoms with Gasteiger partial charge in [-0.2, -0.15) is 0 Å². The Morgan fingerprint density at radius 3 is 1.46 bits per heavy atom. The molecule has 13 rings (SSSR count). The molecule has 6 nitrogen and oxygen atoms in total. The lowest BCUT2D eigenvalue weighted by Gasteiger charge is -2.34. The molecule has 0 radical (unpaired) electrons. The average molecular weight is 781 g/mol. The summed E-state index contributed by atoms with van der Waals surface area (Å²) in [4.78, 5) is 20.6. The lowest BCUT2D eigenvalue weighted by Crippen LogP contribution is -2.28. The van der Waals surface area contributed by atoms with Crippen molar-refractivity contribution < 1.29 is 0 Å². The van der Waals surface area contributed by atoms with Gasteiger partial charge < -0.3 is 4.57 Å². The molecule has 0 unspecified atom stereocenters. The molecule has 286 valence electrons. The number of para-hydroxylation sites is 6. The van der Waals surface area contributed by atoms with Crippen LogP contribution >= 0.6 is 0 Å². The monoisotopic (exact) mass is 780 g/mol. The molecule has 0 N–H and O–H groups in total. The van der Waals surface area contributed by atoms with Gasteiger partial charge in [-0.05, 0) is 94.4 Å². The normalized spacial score (nSPS) is 13.7. The van der Waals surface area contributed by atoms with E-state index < -0.39 is 5.41 Å². The number of benzene rings is 8. The summed E-state index contributed by atoms with van der Waals surface area (Å²) in [6, 6.07) is 69.6. The van der Waals surface area contributed by atoms with Crippen LogP contribution in [0.3, 0.4) is 0 Å². The van der Waals surface area contributed by atoms with Crippen LogP contribution in [-0.4, -0.2) is 29.1 Å². The number of fused-ring (bicyclic) bond motifs is 11. The first kappa shape index (κ1) is 34.0. The van der Waals surface area contributed by atoms with Gasteiger partial charge in [0, 0.05) is 16.5 Å². The Hall–Kier alpha value is -7.96. The summed E-state index contributed by atoms with van der Waals surface area (Å²) >= 11 is 0. The SMILES string of the molecule is C[C@H](c1ccc(C2(c3ccc(-n4c5ccccc5c5nc6ccccc6nc54)cc3)c3ccccc3-c3ccccc32)cc1)n1c2ccccc2c2nc3ccccc3nc21. The highest BCUT2D eigenvalue weighted by atomic mass is 15.1. The summed E-state index contributed by atoms with van der Waals surface area (Å²) in [6.07, 6.45) is 0. The molecule has 4 aromatic heterocycles. The Labute approximate surface area is 351 Å². The number of nitrogens with zero attached hydrogens (tertiary/aromatic N) is 6. The molecule has 0 spiro atoms. The van der Waals surface area contributed by atoms with E-state index in [1.54, 1.807) is 0 Å². The zero-order chi connectivity index (χ0) is 40.2. The van der Waals surface area contributed by atoms with E-state index in [0.717, 1.165) is 71.9 Å². The molecule has 0 saturated heterocycles. The van der Waals surface area contributed by atoms with Gasteiger partial charge in [-0.25, -0.2) is 19.9 Å². The summed E-state index contributed by atoms with van der Waals surface area (Å²) in [5, 5.41) is 2.20. The maximum absolute atomic E-state index is 5.21. The number of hydrogen-bond donors (Lipinski definition) is 0. The molecule has 6 heteroatoms. The standard InChI is InChI=1S/C55H36N6/c1-34(60-49-24-12-4-16-41(49)51-53(60)58-47-22-10-8-20-45(47)56-51)35-26-28-36(29-27-35)55(43-18-6-2-14-39(43)40-15-3-7-19-44(40)55)37-30-32-38(33-31-37)61-50-25-13-5-17-42(50)52-54(61)59-48-23-11-9-21-46(48)57-52/h2-34H,1H3/t34-/m1/s1. The molecule has 0 bridgehead atoms. The van der Waals surface area contributed by atoms with Crippen molar-refractivity contribution in [1.29, 1.82) is 0 Å². The van der Waals surface area contributed by atoms with Crippen LogP contribution in [0, 0.1) is 0 Å². The van der Waals surface area contributed by atoms with Gasteiger partial charge in [0.25, 0.3) is 0 Å². The van der Waals surface area contributed by atoms with Crippen molar-refractivity contribution in [3.05, 3.63) is 222 Å². The lowest BCUT2D eigenvalue weighted by atomic mass is 9.67. The van der Waals surface area contributed by atoms with Gasteiger partial charge in [-0.3, -0.25) is 4.57 Å². The van der Waals surface area contributed by atoms with Crippen molar-refractivity contribution >= 4 is 66.2 Å². The van der Waals surface area contributed by atoms with Crippen molar-refractivity contribution in [3.8, 4) is 16.8 Å². The van der Waals surface area contributed by atoms with Crippen molar-refractivity contribution in [3.63, 3.8) is 0 Å². The summed E-state index contributed by atoms with van der Waals surface area (Å²) < 4.78 is 4.62. The van der Waals surface area contributed by atoms with Crippen LogP contribution in [0.25, 0.3) is 83.0 Å². The van der Waals surface area contributed by atoms with Crippen molar-refractivity contribution in [1.82, 2.24) is 29.1 Å². The Balaban J connectivity index is 0.984. The quantitative estimate of drug-likeness (QED) is 0.174. The lowest BCUT2D eigenvalue weighted by molar-refractivity contribution is 0.677. The minimum Gasteiger partial charge on any atom is -0.317 e. The van der Waals surface area contributed by atoms with Crippen LogP contribution in [0.4, 0.5) is 0 Å². The van der Waals surface area contributed by atoms with Crippen molar-refractivity contribution in [2.45, 2.75) is 18.4 Å². The minimum atomic E-state index is -0.554. The van der Waals surface area contributed by atoms with Gasteiger partial charge >= 0.3 is 0 Å². The molecular weight excluding hydrogens is 745 g/mol. The molecule has 0 amide bonds. The first-order valence-electron chi connectivity index (χ1n) is 20.9. The average Bonchev–Trinajstić information content (AvgIpc) is 3.93. The van der Waals surface area contributed by atoms with E-state index >= 15 is 0 Å². The molecule has 0 saturated carbocycles. The zero-order valence-electron chi connectivity index (χ0n) is 33.2. The maximum atomic E-state index is 5.21. The molecule has 4 heterocycles. The first-order valence-corrected chi connectivity index (χ1v) is 20.9. The highest BCUT2D eigenvalue weighted by molar-refractivity contribution is 6.08. The van der Waals surface area contributed by atoms with E-state index in [1.165, 1.54) is 38.9 Å². The Morgan fingerprint density at radius 2 is 0.852 bits per heavy atom. The highest BCUT2D eigenvalue weighted by Gasteiger charge is 2.46. The van der Waals surface area contributed by atoms with E-state index in [-0.39, 0.29) is 6.04 Å². The van der Waals surface area contributed by atoms with Crippen LogP contribution in [-0.2, 0) is 5.41 Å². The van der Waals surface area contributed by atoms with Crippen LogP contribution in [0.1, 0.15) is 40.8 Å². The number of hydrogen-bond acceptors (Lipinski definition) is 4. The van der Waals surface area contributed by atoms with Gasteiger partial charge in [-0.1, -0.05) is 146 Å². The minimum absolute atomic E-state index is 0.00303. The van der Waals surface area contributed by atoms with Gasteiger partial charge in [-0.15, -0.1) is 0 Å². The summed E-state index contributed by atoms with van der Waals surface area (Å²) in [5.74, 6) is 0. The fraction of sp³-hybridized carbons (Fsp3) is 0.0545. The first-order chi connectivity index (χ1) is 30.2. The number of aromatic nitrogens is 6. The van der Waals surface area contributed by atoms with Crippen LogP contribution in [0.15, 0.2) is 194 Å². The smallest absolute Gasteiger partial charge is 0.165 e. The molecule has 8 aromatic carbocycles. The van der Waals surface area contributed by atoms with Gasteiger partial charge in [0.15, 0.2) is 11.3 Å². The topological polar surface area (TPSA) is 61.4 Å². The largest absolute Gasteiger partial charge is 0.317 e. The predicted octanol–water partition coefficient (Wildman–Crippen LogP) is 12.8. The van der Waals surface area contributed by atoms with Gasteiger partial charge in [0.2, 0.25) is 0 Å². The fourth-order valence-corrected chi connectivity index (χ4v) is 10.3. The van der Waals surface area contributed by atoms with Crippen LogP contribution in [0.5, 0.6) is 0 Å². The Bertz CT molecular complexity index is 3680. The second-order valence-electron chi connectivity index (χ2n) is 16.2. The molecule has 1 aliphatic rings. The molecule has 1 atom stereocenters. The van der Waals surface area contributed by atoms with E-state index in [4.69, 9.17) is 19.9 Å². The van der Waals surface area contributed by atoms with E-state index in [9.17, 15) is 0 Å². The third kappa shape index (κ3) is 4.73. The Morgan fingerprint density at radius 1 is 0.410 bits per heavy atom. The molecule has 61 heavy (non-hydrogen) atoms. The van der Waals surface area contributed by atoms with E-state index in [2.05, 4.69) is 162 Å². The van der Waals surface area contributed by atoms with Crippen molar-refractivity contribution in [2.75, 3.05) is 0 Å². The second-order valence-corrected chi connectivity index (χ2v) is 16.2. The van der Waals surface area contributed by atoms with E-state index in [0.29, 0.717) is 0 Å². The van der Waals surface area contributed by atoms with Crippen LogP contribution in [0.2, 0.25) is 0 Å². The molecule has 12 aromatic rings. The third-order valence-electron chi connectivity index (χ3n) is 13.1. The Kier molecular flexibility index (Phi) is 7.11. The maximum Gasteiger partial charge on any atom is 0.165 e. The van der Waals surface area contributed by atoms with Crippen LogP contribution < -0.4 is 0 Å². The summed E-state index contributed by atoms with van der Waals surface area (Å²) in [7, 11) is 0. The molecule has 1 aliphatic carbocycles. The molecule has 0 fully saturated rings. The summed E-state index contributed by atoms with van der Waals surface area (Å²) in [5.41, 5.74) is 18.6. The molecule has 0 aliphatic heterocycles. The predicted molar refractivity (Wildman–Crippen MR) is 248 cm³/mol. The fourth-order valence-electron chi connectivity index (χ4n) is 10.3. The summed E-state index contributed by atoms with van der Waals surface area (Å²) in [6.45, 7) is 2.27. The third-order valence-corrected chi connectivity index (χ3v) is 13.1. The van der Waals surface area contributed by atoms with Gasteiger partial charge in [0.05, 0.1) is 44.6 Å².